The first kappa shape index (κ1) is 12.7. The fraction of sp³-hybridized carbons (Fsp3) is 0.533. The molecule has 1 atom stereocenters. The van der Waals surface area contributed by atoms with Crippen LogP contribution in [0.25, 0.3) is 0 Å². The molecule has 0 bridgehead atoms. The van der Waals surface area contributed by atoms with Crippen molar-refractivity contribution in [2.75, 3.05) is 0 Å². The van der Waals surface area contributed by atoms with Crippen molar-refractivity contribution >= 4 is 5.78 Å². The predicted molar refractivity (Wildman–Crippen MR) is 64.9 cm³/mol. The molecule has 1 aromatic carbocycles. The normalized spacial score (nSPS) is 25.0. The molecular formula is C15H15F3O. The number of rotatable bonds is 2. The highest BCUT2D eigenvalue weighted by atomic mass is 19.4. The summed E-state index contributed by atoms with van der Waals surface area (Å²) in [4.78, 5) is 12.2. The summed E-state index contributed by atoms with van der Waals surface area (Å²) in [5.41, 5.74) is -0.0895. The maximum Gasteiger partial charge on any atom is 0.394 e. The third-order valence-electron chi connectivity index (χ3n) is 4.67. The van der Waals surface area contributed by atoms with Crippen LogP contribution >= 0.6 is 0 Å². The minimum Gasteiger partial charge on any atom is -0.294 e. The lowest BCUT2D eigenvalue weighted by Gasteiger charge is -2.44. The first-order valence-electron chi connectivity index (χ1n) is 6.62. The van der Waals surface area contributed by atoms with Crippen LogP contribution in [0.15, 0.2) is 24.3 Å². The number of alkyl halides is 3. The Morgan fingerprint density at radius 3 is 2.42 bits per heavy atom. The highest BCUT2D eigenvalue weighted by molar-refractivity contribution is 6.02. The van der Waals surface area contributed by atoms with Crippen LogP contribution in [-0.2, 0) is 6.42 Å². The summed E-state index contributed by atoms with van der Waals surface area (Å²) in [5, 5.41) is 0. The molecule has 102 valence electrons. The quantitative estimate of drug-likeness (QED) is 0.787. The van der Waals surface area contributed by atoms with E-state index in [1.165, 1.54) is 0 Å². The summed E-state index contributed by atoms with van der Waals surface area (Å²) in [6.45, 7) is 0. The summed E-state index contributed by atoms with van der Waals surface area (Å²) in [6, 6.07) is 7.16. The van der Waals surface area contributed by atoms with Gasteiger partial charge in [-0.2, -0.15) is 13.2 Å². The Morgan fingerprint density at radius 2 is 1.89 bits per heavy atom. The largest absolute Gasteiger partial charge is 0.394 e. The van der Waals surface area contributed by atoms with Gasteiger partial charge in [-0.25, -0.2) is 0 Å². The fourth-order valence-corrected chi connectivity index (χ4v) is 3.36. The zero-order chi connectivity index (χ0) is 13.7. The maximum atomic E-state index is 13.2. The van der Waals surface area contributed by atoms with E-state index in [1.54, 1.807) is 12.1 Å². The van der Waals surface area contributed by atoms with Crippen molar-refractivity contribution in [1.82, 2.24) is 0 Å². The van der Waals surface area contributed by atoms with Gasteiger partial charge in [0.25, 0.3) is 0 Å². The van der Waals surface area contributed by atoms with E-state index in [-0.39, 0.29) is 25.0 Å². The summed E-state index contributed by atoms with van der Waals surface area (Å²) < 4.78 is 39.5. The summed E-state index contributed by atoms with van der Waals surface area (Å²) in [6.07, 6.45) is -2.78. The molecule has 1 nitrogen and oxygen atoms in total. The molecule has 0 N–H and O–H groups in total. The van der Waals surface area contributed by atoms with Crippen LogP contribution in [0.5, 0.6) is 0 Å². The van der Waals surface area contributed by atoms with E-state index in [2.05, 4.69) is 0 Å². The van der Waals surface area contributed by atoms with Gasteiger partial charge in [0, 0.05) is 11.5 Å². The molecule has 3 rings (SSSR count). The monoisotopic (exact) mass is 268 g/mol. The van der Waals surface area contributed by atoms with Gasteiger partial charge in [0.2, 0.25) is 0 Å². The van der Waals surface area contributed by atoms with Gasteiger partial charge in [-0.05, 0) is 31.2 Å². The Labute approximate surface area is 109 Å². The molecule has 0 spiro atoms. The molecule has 2 aliphatic carbocycles. The molecule has 0 saturated heterocycles. The third kappa shape index (κ3) is 1.88. The Hall–Kier alpha value is -1.32. The lowest BCUT2D eigenvalue weighted by molar-refractivity contribution is -0.255. The topological polar surface area (TPSA) is 17.1 Å². The second kappa shape index (κ2) is 4.09. The molecule has 0 heterocycles. The number of halogens is 3. The molecule has 4 heteroatoms. The van der Waals surface area contributed by atoms with Gasteiger partial charge in [0.1, 0.15) is 0 Å². The Balaban J connectivity index is 1.81. The van der Waals surface area contributed by atoms with Gasteiger partial charge < -0.3 is 0 Å². The second-order valence-corrected chi connectivity index (χ2v) is 5.76. The van der Waals surface area contributed by atoms with Crippen LogP contribution in [-0.4, -0.2) is 12.0 Å². The maximum absolute atomic E-state index is 13.2. The number of carbonyl (C=O) groups is 1. The standard InChI is InChI=1S/C15H15F3O/c16-15(17,18)14(6-3-7-14)9-11-8-10-4-1-2-5-12(10)13(11)19/h1-2,4-5,11H,3,6-9H2. The van der Waals surface area contributed by atoms with Crippen LogP contribution in [0.4, 0.5) is 13.2 Å². The van der Waals surface area contributed by atoms with E-state index in [9.17, 15) is 18.0 Å². The molecule has 1 unspecified atom stereocenters. The van der Waals surface area contributed by atoms with Gasteiger partial charge in [0.05, 0.1) is 5.41 Å². The zero-order valence-electron chi connectivity index (χ0n) is 10.5. The first-order valence-corrected chi connectivity index (χ1v) is 6.62. The number of Topliss-reactive ketones (excluding diaryl/α,β-unsaturated/α-hetero) is 1. The molecule has 0 radical (unpaired) electrons. The SMILES string of the molecule is O=C1c2ccccc2CC1CC1(C(F)(F)F)CCC1. The van der Waals surface area contributed by atoms with Crippen molar-refractivity contribution in [3.8, 4) is 0 Å². The van der Waals surface area contributed by atoms with E-state index >= 15 is 0 Å². The average molecular weight is 268 g/mol. The van der Waals surface area contributed by atoms with Crippen molar-refractivity contribution in [3.05, 3.63) is 35.4 Å². The smallest absolute Gasteiger partial charge is 0.294 e. The van der Waals surface area contributed by atoms with Gasteiger partial charge in [-0.3, -0.25) is 4.79 Å². The number of ketones is 1. The first-order chi connectivity index (χ1) is 8.93. The van der Waals surface area contributed by atoms with E-state index in [1.807, 2.05) is 12.1 Å². The van der Waals surface area contributed by atoms with Crippen molar-refractivity contribution in [2.24, 2.45) is 11.3 Å². The summed E-state index contributed by atoms with van der Waals surface area (Å²) in [5.74, 6) is -0.592. The zero-order valence-corrected chi connectivity index (χ0v) is 10.5. The number of fused-ring (bicyclic) bond motifs is 1. The summed E-state index contributed by atoms with van der Waals surface area (Å²) >= 11 is 0. The highest BCUT2D eigenvalue weighted by Gasteiger charge is 2.59. The van der Waals surface area contributed by atoms with Crippen LogP contribution in [0.3, 0.4) is 0 Å². The Bertz CT molecular complexity index is 514. The van der Waals surface area contributed by atoms with E-state index in [0.29, 0.717) is 18.4 Å². The molecular weight excluding hydrogens is 253 g/mol. The van der Waals surface area contributed by atoms with Crippen molar-refractivity contribution in [1.29, 1.82) is 0 Å². The van der Waals surface area contributed by atoms with Gasteiger partial charge in [0.15, 0.2) is 5.78 Å². The van der Waals surface area contributed by atoms with Gasteiger partial charge in [-0.1, -0.05) is 30.7 Å². The minimum atomic E-state index is -4.18. The van der Waals surface area contributed by atoms with Gasteiger partial charge in [-0.15, -0.1) is 0 Å². The third-order valence-corrected chi connectivity index (χ3v) is 4.67. The lowest BCUT2D eigenvalue weighted by Crippen LogP contribution is -2.45. The molecule has 19 heavy (non-hydrogen) atoms. The molecule has 0 amide bonds. The second-order valence-electron chi connectivity index (χ2n) is 5.76. The number of hydrogen-bond acceptors (Lipinski definition) is 1. The van der Waals surface area contributed by atoms with Crippen molar-refractivity contribution in [3.63, 3.8) is 0 Å². The molecule has 1 saturated carbocycles. The highest BCUT2D eigenvalue weighted by Crippen LogP contribution is 2.57. The van der Waals surface area contributed by atoms with Crippen LogP contribution < -0.4 is 0 Å². The lowest BCUT2D eigenvalue weighted by atomic mass is 9.63. The molecule has 1 fully saturated rings. The van der Waals surface area contributed by atoms with Crippen LogP contribution in [0.2, 0.25) is 0 Å². The average Bonchev–Trinajstić information content (AvgIpc) is 2.60. The van der Waals surface area contributed by atoms with E-state index in [4.69, 9.17) is 0 Å². The molecule has 1 aromatic rings. The number of hydrogen-bond donors (Lipinski definition) is 0. The molecule has 0 aromatic heterocycles. The van der Waals surface area contributed by atoms with Crippen LogP contribution in [0, 0.1) is 11.3 Å². The van der Waals surface area contributed by atoms with Crippen LogP contribution in [0.1, 0.15) is 41.6 Å². The Kier molecular flexibility index (Phi) is 2.73. The fourth-order valence-electron chi connectivity index (χ4n) is 3.36. The van der Waals surface area contributed by atoms with Crippen molar-refractivity contribution < 1.29 is 18.0 Å². The van der Waals surface area contributed by atoms with Crippen molar-refractivity contribution in [2.45, 2.75) is 38.3 Å². The molecule has 2 aliphatic rings. The van der Waals surface area contributed by atoms with E-state index < -0.39 is 17.5 Å². The molecule has 0 aliphatic heterocycles. The predicted octanol–water partition coefficient (Wildman–Crippen LogP) is 4.16. The number of benzene rings is 1. The van der Waals surface area contributed by atoms with Gasteiger partial charge >= 0.3 is 6.18 Å². The van der Waals surface area contributed by atoms with E-state index in [0.717, 1.165) is 5.56 Å². The minimum absolute atomic E-state index is 0.0377. The number of carbonyl (C=O) groups excluding carboxylic acids is 1. The summed E-state index contributed by atoms with van der Waals surface area (Å²) in [7, 11) is 0. The Morgan fingerprint density at radius 1 is 1.21 bits per heavy atom.